The van der Waals surface area contributed by atoms with Gasteiger partial charge in [0.2, 0.25) is 5.91 Å². The first kappa shape index (κ1) is 24.0. The summed E-state index contributed by atoms with van der Waals surface area (Å²) in [6.45, 7) is 4.21. The molecule has 1 N–H and O–H groups in total. The van der Waals surface area contributed by atoms with E-state index in [2.05, 4.69) is 29.4 Å². The Balaban J connectivity index is 1.85. The summed E-state index contributed by atoms with van der Waals surface area (Å²) >= 11 is 18.7. The quantitative estimate of drug-likeness (QED) is 0.388. The Morgan fingerprint density at radius 1 is 1.00 bits per heavy atom. The van der Waals surface area contributed by atoms with E-state index in [0.29, 0.717) is 21.5 Å². The van der Waals surface area contributed by atoms with Gasteiger partial charge in [-0.25, -0.2) is 0 Å². The maximum Gasteiger partial charge on any atom is 0.223 e. The Morgan fingerprint density at radius 2 is 1.65 bits per heavy atom. The minimum atomic E-state index is -0.366. The molecular formula is C24H28Cl3N3O. The topological polar surface area (TPSA) is 53.8 Å². The number of halogens is 3. The fourth-order valence-corrected chi connectivity index (χ4v) is 4.74. The molecule has 0 aliphatic carbocycles. The molecule has 1 aliphatic heterocycles. The van der Waals surface area contributed by atoms with Crippen molar-refractivity contribution >= 4 is 40.7 Å². The highest BCUT2D eigenvalue weighted by Gasteiger charge is 2.34. The summed E-state index contributed by atoms with van der Waals surface area (Å²) in [5.41, 5.74) is 1.87. The van der Waals surface area contributed by atoms with Crippen LogP contribution in [0.15, 0.2) is 52.7 Å². The molecule has 3 atom stereocenters. The van der Waals surface area contributed by atoms with Gasteiger partial charge in [0.25, 0.3) is 0 Å². The van der Waals surface area contributed by atoms with Gasteiger partial charge in [0.15, 0.2) is 0 Å². The molecule has 1 heterocycles. The van der Waals surface area contributed by atoms with Crippen molar-refractivity contribution in [3.63, 3.8) is 0 Å². The molecule has 0 saturated carbocycles. The second-order valence-corrected chi connectivity index (χ2v) is 9.31. The van der Waals surface area contributed by atoms with Gasteiger partial charge in [0, 0.05) is 27.4 Å². The first-order valence-corrected chi connectivity index (χ1v) is 12.0. The van der Waals surface area contributed by atoms with E-state index in [0.717, 1.165) is 36.8 Å². The van der Waals surface area contributed by atoms with Gasteiger partial charge < -0.3 is 5.32 Å². The Kier molecular flexibility index (Phi) is 8.76. The van der Waals surface area contributed by atoms with E-state index in [9.17, 15) is 4.79 Å². The lowest BCUT2D eigenvalue weighted by Gasteiger charge is -2.26. The number of rotatable bonds is 9. The molecule has 0 fully saturated rings. The smallest absolute Gasteiger partial charge is 0.223 e. The van der Waals surface area contributed by atoms with Crippen molar-refractivity contribution in [1.82, 2.24) is 5.32 Å². The lowest BCUT2D eigenvalue weighted by atomic mass is 9.91. The number of benzene rings is 2. The van der Waals surface area contributed by atoms with E-state index < -0.39 is 0 Å². The predicted octanol–water partition coefficient (Wildman–Crippen LogP) is 7.99. The van der Waals surface area contributed by atoms with Crippen molar-refractivity contribution in [3.8, 4) is 0 Å². The van der Waals surface area contributed by atoms with Crippen molar-refractivity contribution in [1.29, 1.82) is 0 Å². The largest absolute Gasteiger partial charge is 0.347 e. The normalized spacial score (nSPS) is 19.0. The maximum atomic E-state index is 13.2. The third-order valence-corrected chi connectivity index (χ3v) is 6.51. The van der Waals surface area contributed by atoms with E-state index >= 15 is 0 Å². The van der Waals surface area contributed by atoms with Gasteiger partial charge in [-0.2, -0.15) is 10.2 Å². The van der Waals surface area contributed by atoms with Crippen LogP contribution in [0.25, 0.3) is 0 Å². The zero-order valence-electron chi connectivity index (χ0n) is 17.8. The van der Waals surface area contributed by atoms with Crippen LogP contribution in [0.3, 0.4) is 0 Å². The van der Waals surface area contributed by atoms with Crippen molar-refractivity contribution in [3.05, 3.63) is 68.7 Å². The molecule has 0 saturated heterocycles. The Bertz CT molecular complexity index is 911. The van der Waals surface area contributed by atoms with Crippen molar-refractivity contribution < 1.29 is 4.79 Å². The molecular weight excluding hydrogens is 453 g/mol. The zero-order valence-corrected chi connectivity index (χ0v) is 20.1. The Morgan fingerprint density at radius 3 is 2.26 bits per heavy atom. The van der Waals surface area contributed by atoms with E-state index in [1.54, 1.807) is 12.1 Å². The first-order valence-electron chi connectivity index (χ1n) is 10.8. The molecule has 3 unspecified atom stereocenters. The number of hydrogen-bond acceptors (Lipinski definition) is 3. The molecule has 0 spiro atoms. The van der Waals surface area contributed by atoms with Crippen LogP contribution in [0.5, 0.6) is 0 Å². The maximum absolute atomic E-state index is 13.2. The molecule has 1 aliphatic rings. The van der Waals surface area contributed by atoms with Gasteiger partial charge in [-0.3, -0.25) is 4.79 Å². The van der Waals surface area contributed by atoms with Crippen LogP contribution >= 0.6 is 34.8 Å². The molecule has 166 valence electrons. The molecule has 2 aromatic rings. The summed E-state index contributed by atoms with van der Waals surface area (Å²) < 4.78 is 0. The number of nitrogens with zero attached hydrogens (tertiary/aromatic N) is 2. The van der Waals surface area contributed by atoms with Crippen LogP contribution in [-0.4, -0.2) is 11.9 Å². The minimum Gasteiger partial charge on any atom is -0.347 e. The molecule has 7 heteroatoms. The molecule has 1 amide bonds. The number of nitrogens with one attached hydrogen (secondary N) is 1. The fourth-order valence-electron chi connectivity index (χ4n) is 4.09. The zero-order chi connectivity index (χ0) is 22.4. The van der Waals surface area contributed by atoms with Crippen molar-refractivity contribution in [2.45, 2.75) is 64.1 Å². The van der Waals surface area contributed by atoms with Crippen LogP contribution in [0.1, 0.15) is 69.2 Å². The highest BCUT2D eigenvalue weighted by atomic mass is 35.5. The fraction of sp³-hybridized carbons (Fsp3) is 0.458. The van der Waals surface area contributed by atoms with E-state index in [1.165, 1.54) is 0 Å². The number of carbonyl (C=O) groups excluding carboxylic acids is 1. The third-order valence-electron chi connectivity index (χ3n) is 5.70. The summed E-state index contributed by atoms with van der Waals surface area (Å²) in [5.74, 6) is 0.0267. The lowest BCUT2D eigenvalue weighted by Crippen LogP contribution is -2.39. The van der Waals surface area contributed by atoms with Crippen LogP contribution in [0.4, 0.5) is 0 Å². The van der Waals surface area contributed by atoms with Gasteiger partial charge >= 0.3 is 0 Å². The van der Waals surface area contributed by atoms with Crippen molar-refractivity contribution in [2.24, 2.45) is 16.1 Å². The molecule has 0 bridgehead atoms. The first-order chi connectivity index (χ1) is 14.9. The average molecular weight is 481 g/mol. The minimum absolute atomic E-state index is 0.0195. The molecule has 3 rings (SSSR count). The number of amides is 1. The van der Waals surface area contributed by atoms with E-state index in [4.69, 9.17) is 34.8 Å². The van der Waals surface area contributed by atoms with Gasteiger partial charge in [-0.05, 0) is 48.2 Å². The second kappa shape index (κ2) is 11.3. The van der Waals surface area contributed by atoms with Crippen molar-refractivity contribution in [2.75, 3.05) is 0 Å². The Labute approximate surface area is 199 Å². The SMILES string of the molecule is CCCC(CCC)C(=O)NC(c1ccc(Cl)cc1Cl)C1CC(c2ccc(Cl)cc2)N=N1. The van der Waals surface area contributed by atoms with E-state index in [-0.39, 0.29) is 30.0 Å². The summed E-state index contributed by atoms with van der Waals surface area (Å²) in [6.07, 6.45) is 4.33. The summed E-state index contributed by atoms with van der Waals surface area (Å²) in [4.78, 5) is 13.2. The molecule has 0 aromatic heterocycles. The summed E-state index contributed by atoms with van der Waals surface area (Å²) in [5, 5.41) is 14.0. The summed E-state index contributed by atoms with van der Waals surface area (Å²) in [7, 11) is 0. The van der Waals surface area contributed by atoms with Crippen LogP contribution in [0, 0.1) is 5.92 Å². The number of carbonyl (C=O) groups is 1. The highest BCUT2D eigenvalue weighted by molar-refractivity contribution is 6.35. The second-order valence-electron chi connectivity index (χ2n) is 8.03. The number of azo groups is 1. The Hall–Kier alpha value is -1.62. The molecule has 0 radical (unpaired) electrons. The van der Waals surface area contributed by atoms with Gasteiger partial charge in [-0.15, -0.1) is 0 Å². The van der Waals surface area contributed by atoms with Gasteiger partial charge in [-0.1, -0.05) is 79.7 Å². The lowest BCUT2D eigenvalue weighted by molar-refractivity contribution is -0.126. The van der Waals surface area contributed by atoms with E-state index in [1.807, 2.05) is 30.3 Å². The standard InChI is InChI=1S/C24H28Cl3N3O/c1-3-5-16(6-4-2)24(31)28-23(19-12-11-18(26)13-20(19)27)22-14-21(29-30-22)15-7-9-17(25)10-8-15/h7-13,16,21-23H,3-6,14H2,1-2H3,(H,28,31). The molecule has 31 heavy (non-hydrogen) atoms. The van der Waals surface area contributed by atoms with Gasteiger partial charge in [0.1, 0.15) is 0 Å². The number of hydrogen-bond donors (Lipinski definition) is 1. The highest BCUT2D eigenvalue weighted by Crippen LogP contribution is 2.39. The third kappa shape index (κ3) is 6.21. The molecule has 2 aromatic carbocycles. The van der Waals surface area contributed by atoms with Crippen LogP contribution in [-0.2, 0) is 4.79 Å². The molecule has 4 nitrogen and oxygen atoms in total. The van der Waals surface area contributed by atoms with Crippen LogP contribution < -0.4 is 5.32 Å². The monoisotopic (exact) mass is 479 g/mol. The predicted molar refractivity (Wildman–Crippen MR) is 128 cm³/mol. The van der Waals surface area contributed by atoms with Crippen LogP contribution in [0.2, 0.25) is 15.1 Å². The summed E-state index contributed by atoms with van der Waals surface area (Å²) in [6, 6.07) is 12.4. The van der Waals surface area contributed by atoms with Gasteiger partial charge in [0.05, 0.1) is 18.1 Å². The average Bonchev–Trinajstić information content (AvgIpc) is 3.22.